The predicted molar refractivity (Wildman–Crippen MR) is 171 cm³/mol. The molecule has 1 fully saturated rings. The van der Waals surface area contributed by atoms with E-state index in [1.165, 1.54) is 27.6 Å². The molecule has 2 amide bonds. The quantitative estimate of drug-likeness (QED) is 0.260. The van der Waals surface area contributed by atoms with Crippen molar-refractivity contribution in [1.82, 2.24) is 19.0 Å². The lowest BCUT2D eigenvalue weighted by Gasteiger charge is -2.34. The molecular formula is C30H31Cl2N7O6. The summed E-state index contributed by atoms with van der Waals surface area (Å²) in [6.07, 6.45) is 2.93. The Balaban J connectivity index is 1.28. The Labute approximate surface area is 267 Å². The van der Waals surface area contributed by atoms with Crippen molar-refractivity contribution in [3.8, 4) is 22.6 Å². The third-order valence-electron chi connectivity index (χ3n) is 7.96. The highest BCUT2D eigenvalue weighted by Gasteiger charge is 2.24. The van der Waals surface area contributed by atoms with E-state index in [9.17, 15) is 19.5 Å². The van der Waals surface area contributed by atoms with Gasteiger partial charge in [0.15, 0.2) is 0 Å². The summed E-state index contributed by atoms with van der Waals surface area (Å²) in [5, 5.41) is 13.5. The van der Waals surface area contributed by atoms with Crippen LogP contribution < -0.4 is 26.2 Å². The molecule has 4 heterocycles. The molecule has 2 aromatic heterocycles. The van der Waals surface area contributed by atoms with Crippen molar-refractivity contribution in [2.75, 3.05) is 62.8 Å². The number of carbonyl (C=O) groups is 2. The number of hydrogen-bond acceptors (Lipinski definition) is 9. The fourth-order valence-corrected chi connectivity index (χ4v) is 6.02. The number of fused-ring (bicyclic) bond motifs is 2. The number of nitrogens with zero attached hydrogens (tertiary/aromatic N) is 5. The standard InChI is InChI=1S/C30H31Cl2N7O6/c1-36-16-34-29-26(30(36)43)19(17-10-18(28(33)42)27(41)21(32)11-17)14-39(29)15-25(40)35-22-13-23-24(12-20(22)31)45-9-6-38(23)3-2-37-4-7-44-8-5-37/h10-14,16,41H,2-9,15H2,1H3,(H2,33,42)(H,35,40). The predicted octanol–water partition coefficient (Wildman–Crippen LogP) is 2.68. The lowest BCUT2D eigenvalue weighted by molar-refractivity contribution is -0.116. The zero-order valence-electron chi connectivity index (χ0n) is 24.4. The van der Waals surface area contributed by atoms with E-state index in [4.69, 9.17) is 38.4 Å². The van der Waals surface area contributed by atoms with E-state index < -0.39 is 17.6 Å². The lowest BCUT2D eigenvalue weighted by Crippen LogP contribution is -2.43. The Morgan fingerprint density at radius 1 is 1.07 bits per heavy atom. The van der Waals surface area contributed by atoms with Gasteiger partial charge in [-0.1, -0.05) is 23.2 Å². The number of nitrogens with one attached hydrogen (secondary N) is 1. The number of halogens is 2. The zero-order chi connectivity index (χ0) is 31.8. The topological polar surface area (TPSA) is 157 Å². The van der Waals surface area contributed by atoms with Crippen LogP contribution in [-0.2, 0) is 23.1 Å². The highest BCUT2D eigenvalue weighted by atomic mass is 35.5. The van der Waals surface area contributed by atoms with Gasteiger partial charge in [0.25, 0.3) is 11.5 Å². The van der Waals surface area contributed by atoms with Gasteiger partial charge >= 0.3 is 0 Å². The summed E-state index contributed by atoms with van der Waals surface area (Å²) < 4.78 is 14.1. The van der Waals surface area contributed by atoms with Crippen LogP contribution >= 0.6 is 23.2 Å². The van der Waals surface area contributed by atoms with Crippen LogP contribution in [0.15, 0.2) is 41.6 Å². The number of aromatic hydroxyl groups is 1. The molecule has 2 aromatic carbocycles. The molecule has 13 nitrogen and oxygen atoms in total. The van der Waals surface area contributed by atoms with Gasteiger partial charge in [-0.05, 0) is 23.8 Å². The lowest BCUT2D eigenvalue weighted by atomic mass is 10.0. The Morgan fingerprint density at radius 2 is 1.84 bits per heavy atom. The van der Waals surface area contributed by atoms with Crippen molar-refractivity contribution in [1.29, 1.82) is 0 Å². The van der Waals surface area contributed by atoms with Crippen molar-refractivity contribution in [3.05, 3.63) is 62.8 Å². The van der Waals surface area contributed by atoms with Gasteiger partial charge in [-0.2, -0.15) is 0 Å². The first kappa shape index (κ1) is 30.7. The summed E-state index contributed by atoms with van der Waals surface area (Å²) in [6.45, 7) is 5.90. The SMILES string of the molecule is Cn1cnc2c(c(-c3cc(Cl)c(O)c(C(N)=O)c3)cn2CC(=O)Nc2cc3c(cc2Cl)OCCN3CCN2CCOCC2)c1=O. The second-order valence-electron chi connectivity index (χ2n) is 10.9. The summed E-state index contributed by atoms with van der Waals surface area (Å²) in [5.74, 6) is -1.12. The number of benzene rings is 2. The maximum Gasteiger partial charge on any atom is 0.263 e. The summed E-state index contributed by atoms with van der Waals surface area (Å²) in [6, 6.07) is 6.27. The summed E-state index contributed by atoms with van der Waals surface area (Å²) in [5.41, 5.74) is 7.04. The first-order valence-corrected chi connectivity index (χ1v) is 15.0. The van der Waals surface area contributed by atoms with E-state index in [1.807, 2.05) is 6.07 Å². The number of aryl methyl sites for hydroxylation is 1. The van der Waals surface area contributed by atoms with E-state index in [1.54, 1.807) is 19.3 Å². The van der Waals surface area contributed by atoms with Gasteiger partial charge in [0.2, 0.25) is 5.91 Å². The molecule has 2 aliphatic heterocycles. The smallest absolute Gasteiger partial charge is 0.263 e. The van der Waals surface area contributed by atoms with E-state index in [2.05, 4.69) is 20.1 Å². The van der Waals surface area contributed by atoms with Crippen molar-refractivity contribution >= 4 is 57.4 Å². The van der Waals surface area contributed by atoms with Gasteiger partial charge in [0, 0.05) is 51.1 Å². The van der Waals surface area contributed by atoms with Gasteiger partial charge in [-0.15, -0.1) is 0 Å². The second kappa shape index (κ2) is 12.6. The number of phenols is 1. The van der Waals surface area contributed by atoms with Crippen molar-refractivity contribution in [3.63, 3.8) is 0 Å². The van der Waals surface area contributed by atoms with Gasteiger partial charge in [-0.25, -0.2) is 4.98 Å². The van der Waals surface area contributed by atoms with Crippen LogP contribution in [0.2, 0.25) is 10.0 Å². The van der Waals surface area contributed by atoms with E-state index in [-0.39, 0.29) is 33.7 Å². The molecule has 0 atom stereocenters. The molecule has 15 heteroatoms. The first-order chi connectivity index (χ1) is 21.6. The fourth-order valence-electron chi connectivity index (χ4n) is 5.60. The fraction of sp³-hybridized carbons (Fsp3) is 0.333. The van der Waals surface area contributed by atoms with Crippen LogP contribution in [-0.4, -0.2) is 88.5 Å². The third-order valence-corrected chi connectivity index (χ3v) is 8.56. The maximum absolute atomic E-state index is 13.4. The number of morpholine rings is 1. The molecule has 4 N–H and O–H groups in total. The third kappa shape index (κ3) is 6.16. The van der Waals surface area contributed by atoms with Crippen LogP contribution in [0.3, 0.4) is 0 Å². The normalized spacial score (nSPS) is 15.1. The van der Waals surface area contributed by atoms with Gasteiger partial charge < -0.3 is 39.7 Å². The number of amides is 2. The molecule has 0 spiro atoms. The number of rotatable bonds is 8. The van der Waals surface area contributed by atoms with E-state index in [0.29, 0.717) is 40.7 Å². The van der Waals surface area contributed by atoms with E-state index in [0.717, 1.165) is 45.1 Å². The van der Waals surface area contributed by atoms with Crippen LogP contribution in [0.4, 0.5) is 11.4 Å². The number of nitrogens with two attached hydrogens (primary N) is 1. The Bertz CT molecular complexity index is 1870. The molecule has 4 aromatic rings. The van der Waals surface area contributed by atoms with Crippen LogP contribution in [0.25, 0.3) is 22.2 Å². The molecular weight excluding hydrogens is 625 g/mol. The first-order valence-electron chi connectivity index (χ1n) is 14.3. The Kier molecular flexibility index (Phi) is 8.60. The molecule has 1 saturated heterocycles. The minimum absolute atomic E-state index is 0.120. The van der Waals surface area contributed by atoms with Crippen LogP contribution in [0.5, 0.6) is 11.5 Å². The number of primary amides is 1. The van der Waals surface area contributed by atoms with Crippen molar-refractivity contribution in [2.24, 2.45) is 12.8 Å². The average Bonchev–Trinajstić information content (AvgIpc) is 3.38. The monoisotopic (exact) mass is 655 g/mol. The molecule has 6 rings (SSSR count). The number of aromatic nitrogens is 3. The molecule has 236 valence electrons. The average molecular weight is 657 g/mol. The summed E-state index contributed by atoms with van der Waals surface area (Å²) in [7, 11) is 1.55. The van der Waals surface area contributed by atoms with Crippen LogP contribution in [0.1, 0.15) is 10.4 Å². The summed E-state index contributed by atoms with van der Waals surface area (Å²) in [4.78, 5) is 47.6. The molecule has 45 heavy (non-hydrogen) atoms. The Hall–Kier alpha value is -4.30. The zero-order valence-corrected chi connectivity index (χ0v) is 25.9. The van der Waals surface area contributed by atoms with Crippen LogP contribution in [0, 0.1) is 0 Å². The highest BCUT2D eigenvalue weighted by molar-refractivity contribution is 6.34. The largest absolute Gasteiger partial charge is 0.506 e. The molecule has 2 aliphatic rings. The highest BCUT2D eigenvalue weighted by Crippen LogP contribution is 2.39. The molecule has 0 unspecified atom stereocenters. The van der Waals surface area contributed by atoms with Crippen molar-refractivity contribution in [2.45, 2.75) is 6.54 Å². The second-order valence-corrected chi connectivity index (χ2v) is 11.7. The summed E-state index contributed by atoms with van der Waals surface area (Å²) >= 11 is 12.8. The number of anilines is 2. The van der Waals surface area contributed by atoms with Crippen molar-refractivity contribution < 1.29 is 24.2 Å². The number of hydrogen-bond donors (Lipinski definition) is 3. The van der Waals surface area contributed by atoms with Gasteiger partial charge in [0.1, 0.15) is 30.3 Å². The molecule has 0 saturated carbocycles. The minimum atomic E-state index is -0.891. The van der Waals surface area contributed by atoms with Gasteiger partial charge in [-0.3, -0.25) is 19.3 Å². The Morgan fingerprint density at radius 3 is 2.60 bits per heavy atom. The maximum atomic E-state index is 13.4. The van der Waals surface area contributed by atoms with Gasteiger partial charge in [0.05, 0.1) is 58.5 Å². The molecule has 0 bridgehead atoms. The van der Waals surface area contributed by atoms with E-state index >= 15 is 0 Å². The number of ether oxygens (including phenoxy) is 2. The molecule has 0 radical (unpaired) electrons. The number of carbonyl (C=O) groups excluding carboxylic acids is 2. The minimum Gasteiger partial charge on any atom is -0.506 e. The molecule has 0 aliphatic carbocycles.